The fraction of sp³-hybridized carbons (Fsp3) is 0.320. The van der Waals surface area contributed by atoms with E-state index in [1.165, 1.54) is 43.1 Å². The quantitative estimate of drug-likeness (QED) is 0.416. The molecule has 1 fully saturated rings. The van der Waals surface area contributed by atoms with Crippen molar-refractivity contribution in [2.24, 2.45) is 4.99 Å². The third-order valence-corrected chi connectivity index (χ3v) is 6.33. The molecule has 0 radical (unpaired) electrons. The van der Waals surface area contributed by atoms with E-state index in [-0.39, 0.29) is 30.4 Å². The van der Waals surface area contributed by atoms with Crippen LogP contribution in [0.2, 0.25) is 0 Å². The molecule has 3 rings (SSSR count). The third kappa shape index (κ3) is 6.85. The number of halogens is 2. The molecule has 0 spiro atoms. The fourth-order valence-electron chi connectivity index (χ4n) is 3.24. The molecule has 2 aromatic carbocycles. The van der Waals surface area contributed by atoms with E-state index < -0.39 is 5.91 Å². The van der Waals surface area contributed by atoms with E-state index in [1.807, 2.05) is 27.7 Å². The van der Waals surface area contributed by atoms with Gasteiger partial charge in [0.05, 0.1) is 16.5 Å². The summed E-state index contributed by atoms with van der Waals surface area (Å²) < 4.78 is 24.8. The molecule has 1 aliphatic rings. The Morgan fingerprint density at radius 1 is 1.23 bits per heavy atom. The summed E-state index contributed by atoms with van der Waals surface area (Å²) in [6.07, 6.45) is 1.78. The summed E-state index contributed by atoms with van der Waals surface area (Å²) in [6.45, 7) is 7.57. The SMILES string of the molecule is COc1cc(/C=C2/SC(=NC(C)C)N(C(C)C)C2=O)cc(Br)c1OCC(=O)Nc1ccc(F)cc1. The molecule has 0 unspecified atom stereocenters. The van der Waals surface area contributed by atoms with E-state index in [9.17, 15) is 14.0 Å². The number of hydrogen-bond donors (Lipinski definition) is 1. The van der Waals surface area contributed by atoms with Crippen LogP contribution < -0.4 is 14.8 Å². The minimum absolute atomic E-state index is 0.0171. The highest BCUT2D eigenvalue weighted by molar-refractivity contribution is 9.10. The first-order chi connectivity index (χ1) is 16.6. The summed E-state index contributed by atoms with van der Waals surface area (Å²) in [5.41, 5.74) is 1.18. The zero-order chi connectivity index (χ0) is 25.7. The lowest BCUT2D eigenvalue weighted by molar-refractivity contribution is -0.123. The topological polar surface area (TPSA) is 80.2 Å². The molecule has 10 heteroatoms. The van der Waals surface area contributed by atoms with Gasteiger partial charge in [0.15, 0.2) is 23.3 Å². The Hall–Kier alpha value is -2.85. The maximum absolute atomic E-state index is 13.0. The Balaban J connectivity index is 1.78. The number of ether oxygens (including phenoxy) is 2. The first-order valence-electron chi connectivity index (χ1n) is 11.0. The molecular formula is C25H27BrFN3O4S. The van der Waals surface area contributed by atoms with Crippen LogP contribution in [0.15, 0.2) is 50.8 Å². The number of rotatable bonds is 8. The molecule has 186 valence electrons. The highest BCUT2D eigenvalue weighted by Crippen LogP contribution is 2.39. The predicted octanol–water partition coefficient (Wildman–Crippen LogP) is 5.70. The molecule has 2 amide bonds. The van der Waals surface area contributed by atoms with Crippen LogP contribution in [0.5, 0.6) is 11.5 Å². The van der Waals surface area contributed by atoms with Gasteiger partial charge in [0.1, 0.15) is 5.82 Å². The first-order valence-corrected chi connectivity index (χ1v) is 12.6. The maximum Gasteiger partial charge on any atom is 0.266 e. The second-order valence-corrected chi connectivity index (χ2v) is 10.1. The van der Waals surface area contributed by atoms with Crippen LogP contribution in [0.25, 0.3) is 6.08 Å². The zero-order valence-electron chi connectivity index (χ0n) is 20.1. The van der Waals surface area contributed by atoms with Gasteiger partial charge in [0.2, 0.25) is 0 Å². The zero-order valence-corrected chi connectivity index (χ0v) is 22.5. The number of amidine groups is 1. The molecule has 0 saturated carbocycles. The number of benzene rings is 2. The Labute approximate surface area is 216 Å². The first kappa shape index (κ1) is 26.7. The average Bonchev–Trinajstić information content (AvgIpc) is 3.08. The van der Waals surface area contributed by atoms with Crippen molar-refractivity contribution in [3.63, 3.8) is 0 Å². The second-order valence-electron chi connectivity index (χ2n) is 8.26. The number of nitrogens with zero attached hydrogens (tertiary/aromatic N) is 2. The van der Waals surface area contributed by atoms with Gasteiger partial charge in [-0.05, 0) is 103 Å². The van der Waals surface area contributed by atoms with Gasteiger partial charge >= 0.3 is 0 Å². The Morgan fingerprint density at radius 3 is 2.51 bits per heavy atom. The van der Waals surface area contributed by atoms with Crippen LogP contribution in [0.1, 0.15) is 33.3 Å². The molecule has 1 aliphatic heterocycles. The molecule has 0 atom stereocenters. The number of methoxy groups -OCH3 is 1. The van der Waals surface area contributed by atoms with Crippen molar-refractivity contribution in [2.75, 3.05) is 19.0 Å². The van der Waals surface area contributed by atoms with E-state index in [1.54, 1.807) is 23.1 Å². The van der Waals surface area contributed by atoms with Crippen LogP contribution in [0, 0.1) is 5.82 Å². The van der Waals surface area contributed by atoms with E-state index in [0.717, 1.165) is 5.56 Å². The minimum Gasteiger partial charge on any atom is -0.493 e. The minimum atomic E-state index is -0.407. The number of thioether (sulfide) groups is 1. The Bertz CT molecular complexity index is 1170. The molecule has 2 aromatic rings. The second kappa shape index (κ2) is 11.7. The van der Waals surface area contributed by atoms with Crippen LogP contribution in [-0.4, -0.2) is 47.7 Å². The van der Waals surface area contributed by atoms with Crippen LogP contribution in [0.3, 0.4) is 0 Å². The molecule has 0 aromatic heterocycles. The van der Waals surface area contributed by atoms with Crippen molar-refractivity contribution in [3.05, 3.63) is 57.2 Å². The van der Waals surface area contributed by atoms with Crippen LogP contribution >= 0.6 is 27.7 Å². The molecule has 1 saturated heterocycles. The van der Waals surface area contributed by atoms with Crippen molar-refractivity contribution in [2.45, 2.75) is 39.8 Å². The molecule has 35 heavy (non-hydrogen) atoms. The fourth-order valence-corrected chi connectivity index (χ4v) is 5.04. The Morgan fingerprint density at radius 2 is 1.91 bits per heavy atom. The van der Waals surface area contributed by atoms with E-state index in [2.05, 4.69) is 26.2 Å². The summed E-state index contributed by atoms with van der Waals surface area (Å²) in [5.74, 6) is -0.151. The van der Waals surface area contributed by atoms with Gasteiger partial charge in [-0.25, -0.2) is 4.39 Å². The van der Waals surface area contributed by atoms with E-state index >= 15 is 0 Å². The number of hydrogen-bond acceptors (Lipinski definition) is 6. The molecule has 7 nitrogen and oxygen atoms in total. The van der Waals surface area contributed by atoms with E-state index in [0.29, 0.717) is 31.7 Å². The van der Waals surface area contributed by atoms with Gasteiger partial charge in [-0.2, -0.15) is 0 Å². The summed E-state index contributed by atoms with van der Waals surface area (Å²) in [6, 6.07) is 9.01. The smallest absolute Gasteiger partial charge is 0.266 e. The molecule has 0 bridgehead atoms. The lowest BCUT2D eigenvalue weighted by atomic mass is 10.1. The van der Waals surface area contributed by atoms with Crippen molar-refractivity contribution >= 4 is 56.4 Å². The van der Waals surface area contributed by atoms with Crippen molar-refractivity contribution in [3.8, 4) is 11.5 Å². The monoisotopic (exact) mass is 563 g/mol. The molecule has 0 aliphatic carbocycles. The van der Waals surface area contributed by atoms with Crippen LogP contribution in [0.4, 0.5) is 10.1 Å². The average molecular weight is 564 g/mol. The van der Waals surface area contributed by atoms with Gasteiger partial charge in [0, 0.05) is 17.8 Å². The Kier molecular flexibility index (Phi) is 8.96. The largest absolute Gasteiger partial charge is 0.493 e. The van der Waals surface area contributed by atoms with Gasteiger partial charge in [0.25, 0.3) is 11.8 Å². The molecular weight excluding hydrogens is 537 g/mol. The molecule has 1 N–H and O–H groups in total. The summed E-state index contributed by atoms with van der Waals surface area (Å²) in [4.78, 5) is 32.1. The van der Waals surface area contributed by atoms with Gasteiger partial charge in [-0.1, -0.05) is 0 Å². The normalized spacial score (nSPS) is 16.0. The lowest BCUT2D eigenvalue weighted by Crippen LogP contribution is -2.35. The van der Waals surface area contributed by atoms with Gasteiger partial charge in [-0.15, -0.1) is 0 Å². The number of aliphatic imine (C=N–C) groups is 1. The highest BCUT2D eigenvalue weighted by Gasteiger charge is 2.35. The summed E-state index contributed by atoms with van der Waals surface area (Å²) in [5, 5.41) is 3.32. The van der Waals surface area contributed by atoms with Crippen molar-refractivity contribution in [1.82, 2.24) is 4.90 Å². The maximum atomic E-state index is 13.0. The predicted molar refractivity (Wildman–Crippen MR) is 141 cm³/mol. The molecule has 1 heterocycles. The van der Waals surface area contributed by atoms with Crippen molar-refractivity contribution < 1.29 is 23.5 Å². The number of amides is 2. The van der Waals surface area contributed by atoms with Crippen molar-refractivity contribution in [1.29, 1.82) is 0 Å². The van der Waals surface area contributed by atoms with Gasteiger partial charge < -0.3 is 14.8 Å². The number of carbonyl (C=O) groups is 2. The third-order valence-electron chi connectivity index (χ3n) is 4.75. The van der Waals surface area contributed by atoms with E-state index in [4.69, 9.17) is 9.47 Å². The number of carbonyl (C=O) groups excluding carboxylic acids is 2. The highest BCUT2D eigenvalue weighted by atomic mass is 79.9. The summed E-state index contributed by atoms with van der Waals surface area (Å²) >= 11 is 4.82. The number of nitrogens with one attached hydrogen (secondary N) is 1. The van der Waals surface area contributed by atoms with Crippen LogP contribution in [-0.2, 0) is 9.59 Å². The summed E-state index contributed by atoms with van der Waals surface area (Å²) in [7, 11) is 1.49. The standard InChI is InChI=1S/C25H27BrFN3O4S/c1-14(2)28-25-30(15(3)4)24(32)21(35-25)12-16-10-19(26)23(20(11-16)33-5)34-13-22(31)29-18-8-6-17(27)7-9-18/h6-12,14-15H,13H2,1-5H3,(H,29,31)/b21-12+,28-25?. The van der Waals surface area contributed by atoms with Gasteiger partial charge in [-0.3, -0.25) is 19.5 Å². The lowest BCUT2D eigenvalue weighted by Gasteiger charge is -2.20. The number of anilines is 1.